The van der Waals surface area contributed by atoms with E-state index in [0.29, 0.717) is 0 Å². The van der Waals surface area contributed by atoms with E-state index in [4.69, 9.17) is 18.9 Å². The summed E-state index contributed by atoms with van der Waals surface area (Å²) in [6.45, 7) is 3.36. The summed E-state index contributed by atoms with van der Waals surface area (Å²) in [6, 6.07) is 0. The van der Waals surface area contributed by atoms with E-state index in [1.807, 2.05) is 0 Å². The summed E-state index contributed by atoms with van der Waals surface area (Å²) >= 11 is 0. The molecule has 0 spiro atoms. The van der Waals surface area contributed by atoms with Crippen molar-refractivity contribution in [2.24, 2.45) is 0 Å². The Morgan fingerprint density at radius 1 is 1.11 bits per heavy atom. The molecule has 2 aromatic heterocycles. The molecule has 1 fully saturated rings. The minimum atomic E-state index is -1.08. The fraction of sp³-hybridized carbons (Fsp3) is 0.500. The maximum Gasteiger partial charge on any atom is 0.303 e. The van der Waals surface area contributed by atoms with Crippen molar-refractivity contribution in [1.29, 1.82) is 0 Å². The first kappa shape index (κ1) is 19.5. The summed E-state index contributed by atoms with van der Waals surface area (Å²) in [5.41, 5.74) is -0.223. The van der Waals surface area contributed by atoms with Crippen LogP contribution in [0.5, 0.6) is 0 Å². The van der Waals surface area contributed by atoms with Gasteiger partial charge in [-0.3, -0.25) is 23.7 Å². The van der Waals surface area contributed by atoms with E-state index in [9.17, 15) is 19.2 Å². The average Bonchev–Trinajstić information content (AvgIpc) is 3.16. The van der Waals surface area contributed by atoms with Crippen molar-refractivity contribution in [3.8, 4) is 0 Å². The number of ether oxygens (including phenoxy) is 4. The lowest BCUT2D eigenvalue weighted by molar-refractivity contribution is -0.166. The Morgan fingerprint density at radius 3 is 2.43 bits per heavy atom. The third-order valence-electron chi connectivity index (χ3n) is 3.98. The summed E-state index contributed by atoms with van der Waals surface area (Å²) in [5.74, 6) is -1.83. The molecule has 2 unspecified atom stereocenters. The maximum absolute atomic E-state index is 11.9. The van der Waals surface area contributed by atoms with Crippen LogP contribution in [0.2, 0.25) is 0 Å². The summed E-state index contributed by atoms with van der Waals surface area (Å²) < 4.78 is 22.8. The number of nitrogens with zero attached hydrogens (tertiary/aromatic N) is 3. The second-order valence-electron chi connectivity index (χ2n) is 6.07. The fourth-order valence-corrected chi connectivity index (χ4v) is 2.97. The number of aromatic amines is 1. The third-order valence-corrected chi connectivity index (χ3v) is 3.98. The van der Waals surface area contributed by atoms with Crippen molar-refractivity contribution in [3.63, 3.8) is 0 Å². The van der Waals surface area contributed by atoms with Crippen molar-refractivity contribution in [3.05, 3.63) is 23.0 Å². The van der Waals surface area contributed by atoms with Crippen molar-refractivity contribution in [2.75, 3.05) is 6.61 Å². The molecule has 3 heterocycles. The Balaban J connectivity index is 2.02. The van der Waals surface area contributed by atoms with E-state index in [-0.39, 0.29) is 17.8 Å². The number of nitrogens with one attached hydrogen (secondary N) is 1. The standard InChI is InChI=1S/C16H18N4O8/c1-7(21)25-4-10-12(26-8(2)22)13(27-9(3)23)16(28-10)20-6-19-11-14(20)17-5-18-15(11)24/h5-6,10,12-13,16H,4H2,1-3H3,(H,17,18,24)/t10-,12?,13?,16-/m1/s1. The lowest BCUT2D eigenvalue weighted by Gasteiger charge is -2.23. The van der Waals surface area contributed by atoms with E-state index >= 15 is 0 Å². The fourth-order valence-electron chi connectivity index (χ4n) is 2.97. The van der Waals surface area contributed by atoms with E-state index in [0.717, 1.165) is 0 Å². The number of rotatable bonds is 5. The maximum atomic E-state index is 11.9. The lowest BCUT2D eigenvalue weighted by Crippen LogP contribution is -2.40. The van der Waals surface area contributed by atoms with Gasteiger partial charge in [0.1, 0.15) is 12.7 Å². The van der Waals surface area contributed by atoms with Crippen molar-refractivity contribution in [1.82, 2.24) is 19.5 Å². The molecule has 4 atom stereocenters. The molecular weight excluding hydrogens is 376 g/mol. The van der Waals surface area contributed by atoms with Gasteiger partial charge in [-0.25, -0.2) is 9.97 Å². The number of aromatic nitrogens is 4. The van der Waals surface area contributed by atoms with Gasteiger partial charge < -0.3 is 23.9 Å². The molecule has 0 bridgehead atoms. The van der Waals surface area contributed by atoms with Gasteiger partial charge >= 0.3 is 17.9 Å². The highest BCUT2D eigenvalue weighted by atomic mass is 16.7. The molecule has 12 heteroatoms. The number of imidazole rings is 1. The van der Waals surface area contributed by atoms with Gasteiger partial charge in [-0.2, -0.15) is 0 Å². The van der Waals surface area contributed by atoms with Crippen LogP contribution in [0.15, 0.2) is 17.4 Å². The SMILES string of the molecule is CC(=O)OC[C@H]1O[C@@H](n2cnc3c(=O)[nH]cnc32)C(OC(C)=O)C1OC(C)=O. The number of fused-ring (bicyclic) bond motifs is 1. The molecule has 2 aromatic rings. The van der Waals surface area contributed by atoms with Crippen LogP contribution in [-0.4, -0.2) is 62.3 Å². The molecule has 28 heavy (non-hydrogen) atoms. The van der Waals surface area contributed by atoms with Crippen LogP contribution in [0.1, 0.15) is 27.0 Å². The van der Waals surface area contributed by atoms with Gasteiger partial charge in [0, 0.05) is 20.8 Å². The smallest absolute Gasteiger partial charge is 0.303 e. The zero-order valence-electron chi connectivity index (χ0n) is 15.3. The molecule has 1 aliphatic heterocycles. The molecule has 12 nitrogen and oxygen atoms in total. The highest BCUT2D eigenvalue weighted by Gasteiger charge is 2.51. The minimum absolute atomic E-state index is 0.0557. The molecule has 1 aliphatic rings. The monoisotopic (exact) mass is 394 g/mol. The topological polar surface area (TPSA) is 152 Å². The molecule has 1 saturated heterocycles. The Labute approximate surface area is 157 Å². The van der Waals surface area contributed by atoms with Crippen molar-refractivity contribution in [2.45, 2.75) is 45.3 Å². The van der Waals surface area contributed by atoms with Gasteiger partial charge in [-0.15, -0.1) is 0 Å². The lowest BCUT2D eigenvalue weighted by atomic mass is 10.1. The molecule has 0 amide bonds. The Hall–Kier alpha value is -3.28. The minimum Gasteiger partial charge on any atom is -0.463 e. The summed E-state index contributed by atoms with van der Waals surface area (Å²) in [5, 5.41) is 0. The first-order valence-corrected chi connectivity index (χ1v) is 8.31. The molecule has 0 aliphatic carbocycles. The van der Waals surface area contributed by atoms with Gasteiger partial charge in [0.2, 0.25) is 0 Å². The largest absolute Gasteiger partial charge is 0.463 e. The van der Waals surface area contributed by atoms with Gasteiger partial charge in [-0.1, -0.05) is 0 Å². The van der Waals surface area contributed by atoms with Crippen LogP contribution in [0.4, 0.5) is 0 Å². The van der Waals surface area contributed by atoms with Gasteiger partial charge in [0.25, 0.3) is 5.56 Å². The Kier molecular flexibility index (Phi) is 5.40. The second-order valence-corrected chi connectivity index (χ2v) is 6.07. The first-order chi connectivity index (χ1) is 13.3. The first-order valence-electron chi connectivity index (χ1n) is 8.31. The van der Waals surface area contributed by atoms with E-state index < -0.39 is 48.0 Å². The van der Waals surface area contributed by atoms with Crippen LogP contribution in [0, 0.1) is 0 Å². The number of carbonyl (C=O) groups excluding carboxylic acids is 3. The predicted molar refractivity (Wildman–Crippen MR) is 89.8 cm³/mol. The quantitative estimate of drug-likeness (QED) is 0.516. The highest BCUT2D eigenvalue weighted by molar-refractivity contribution is 5.70. The van der Waals surface area contributed by atoms with Gasteiger partial charge in [-0.05, 0) is 0 Å². The van der Waals surface area contributed by atoms with Crippen LogP contribution in [0.25, 0.3) is 11.2 Å². The third kappa shape index (κ3) is 3.86. The molecular formula is C16H18N4O8. The average molecular weight is 394 g/mol. The van der Waals surface area contributed by atoms with E-state index in [1.54, 1.807) is 0 Å². The number of esters is 3. The number of hydrogen-bond donors (Lipinski definition) is 1. The Bertz CT molecular complexity index is 967. The van der Waals surface area contributed by atoms with Gasteiger partial charge in [0.05, 0.1) is 12.7 Å². The molecule has 0 saturated carbocycles. The number of carbonyl (C=O) groups is 3. The highest BCUT2D eigenvalue weighted by Crippen LogP contribution is 2.35. The van der Waals surface area contributed by atoms with Crippen LogP contribution < -0.4 is 5.56 Å². The number of H-pyrrole nitrogens is 1. The van der Waals surface area contributed by atoms with Crippen LogP contribution in [0.3, 0.4) is 0 Å². The van der Waals surface area contributed by atoms with E-state index in [2.05, 4.69) is 15.0 Å². The molecule has 1 N–H and O–H groups in total. The normalized spacial score (nSPS) is 24.1. The zero-order valence-corrected chi connectivity index (χ0v) is 15.3. The van der Waals surface area contributed by atoms with Crippen LogP contribution >= 0.6 is 0 Å². The van der Waals surface area contributed by atoms with Gasteiger partial charge in [0.15, 0.2) is 29.6 Å². The summed E-state index contributed by atoms with van der Waals surface area (Å²) in [6.07, 6.45) is -1.58. The van der Waals surface area contributed by atoms with Crippen molar-refractivity contribution < 1.29 is 33.3 Å². The molecule has 0 aromatic carbocycles. The number of hydrogen-bond acceptors (Lipinski definition) is 10. The van der Waals surface area contributed by atoms with Crippen LogP contribution in [-0.2, 0) is 33.3 Å². The second kappa shape index (κ2) is 7.76. The summed E-state index contributed by atoms with van der Waals surface area (Å²) in [4.78, 5) is 56.8. The predicted octanol–water partition coefficient (Wildman–Crippen LogP) is -0.556. The van der Waals surface area contributed by atoms with Crippen molar-refractivity contribution >= 4 is 29.1 Å². The summed E-state index contributed by atoms with van der Waals surface area (Å²) in [7, 11) is 0. The molecule has 3 rings (SSSR count). The zero-order chi connectivity index (χ0) is 20.4. The molecule has 0 radical (unpaired) electrons. The van der Waals surface area contributed by atoms with E-state index in [1.165, 1.54) is 38.0 Å². The molecule has 150 valence electrons. The Morgan fingerprint density at radius 2 is 1.79 bits per heavy atom.